The van der Waals surface area contributed by atoms with Crippen LogP contribution in [0.1, 0.15) is 29.3 Å². The largest absolute Gasteiger partial charge is 0.386 e. The van der Waals surface area contributed by atoms with E-state index in [1.54, 1.807) is 11.3 Å². The summed E-state index contributed by atoms with van der Waals surface area (Å²) in [6, 6.07) is 16.1. The Morgan fingerprint density at radius 3 is 2.74 bits per heavy atom. The van der Waals surface area contributed by atoms with Crippen LogP contribution in [0.4, 0.5) is 0 Å². The average Bonchev–Trinajstić information content (AvgIpc) is 3.08. The Hall–Kier alpha value is -1.71. The molecule has 1 atom stereocenters. The van der Waals surface area contributed by atoms with Crippen molar-refractivity contribution in [3.8, 4) is 0 Å². The van der Waals surface area contributed by atoms with Gasteiger partial charge < -0.3 is 15.7 Å². The molecule has 2 heterocycles. The van der Waals surface area contributed by atoms with E-state index in [4.69, 9.17) is 0 Å². The van der Waals surface area contributed by atoms with E-state index < -0.39 is 6.10 Å². The molecule has 0 amide bonds. The number of nitrogens with zero attached hydrogens (tertiary/aromatic N) is 2. The molecule has 0 aliphatic rings. The number of pyridine rings is 1. The minimum atomic E-state index is -0.576. The molecular formula is C20H25IN4OS. The van der Waals surface area contributed by atoms with Crippen molar-refractivity contribution in [2.75, 3.05) is 13.1 Å². The maximum Gasteiger partial charge on any atom is 0.191 e. The Balaban J connectivity index is 0.00000261. The third-order valence-corrected chi connectivity index (χ3v) is 5.14. The van der Waals surface area contributed by atoms with Gasteiger partial charge in [0, 0.05) is 28.4 Å². The SMILES string of the molecule is CCNC(=NCc1cccc(C)n1)NCC(O)c1cc2ccccc2s1.I. The first kappa shape index (κ1) is 21.6. The number of hydrogen-bond acceptors (Lipinski definition) is 4. The predicted molar refractivity (Wildman–Crippen MR) is 124 cm³/mol. The Bertz CT molecular complexity index is 863. The van der Waals surface area contributed by atoms with E-state index in [9.17, 15) is 5.11 Å². The average molecular weight is 496 g/mol. The van der Waals surface area contributed by atoms with Crippen LogP contribution < -0.4 is 10.6 Å². The number of guanidine groups is 1. The Morgan fingerprint density at radius 2 is 2.00 bits per heavy atom. The summed E-state index contributed by atoms with van der Waals surface area (Å²) >= 11 is 1.62. The summed E-state index contributed by atoms with van der Waals surface area (Å²) in [5.74, 6) is 0.677. The van der Waals surface area contributed by atoms with E-state index in [0.29, 0.717) is 19.0 Å². The molecule has 27 heavy (non-hydrogen) atoms. The molecule has 7 heteroatoms. The molecule has 0 spiro atoms. The number of rotatable bonds is 6. The van der Waals surface area contributed by atoms with E-state index in [2.05, 4.69) is 32.7 Å². The summed E-state index contributed by atoms with van der Waals surface area (Å²) in [5.41, 5.74) is 1.91. The highest BCUT2D eigenvalue weighted by Gasteiger charge is 2.12. The van der Waals surface area contributed by atoms with E-state index in [1.807, 2.05) is 50.2 Å². The van der Waals surface area contributed by atoms with Crippen molar-refractivity contribution >= 4 is 51.4 Å². The Morgan fingerprint density at radius 1 is 1.19 bits per heavy atom. The van der Waals surface area contributed by atoms with E-state index in [0.717, 1.165) is 28.2 Å². The van der Waals surface area contributed by atoms with Crippen molar-refractivity contribution in [1.82, 2.24) is 15.6 Å². The van der Waals surface area contributed by atoms with Crippen molar-refractivity contribution in [3.63, 3.8) is 0 Å². The lowest BCUT2D eigenvalue weighted by Crippen LogP contribution is -2.39. The maximum absolute atomic E-state index is 10.5. The van der Waals surface area contributed by atoms with Crippen molar-refractivity contribution in [1.29, 1.82) is 0 Å². The summed E-state index contributed by atoms with van der Waals surface area (Å²) in [6.07, 6.45) is -0.576. The number of aliphatic imine (C=N–C) groups is 1. The summed E-state index contributed by atoms with van der Waals surface area (Å²) in [4.78, 5) is 9.97. The summed E-state index contributed by atoms with van der Waals surface area (Å²) in [7, 11) is 0. The van der Waals surface area contributed by atoms with Gasteiger partial charge in [0.1, 0.15) is 6.10 Å². The van der Waals surface area contributed by atoms with Crippen molar-refractivity contribution in [2.45, 2.75) is 26.5 Å². The molecule has 1 unspecified atom stereocenters. The maximum atomic E-state index is 10.5. The van der Waals surface area contributed by atoms with Crippen molar-refractivity contribution in [2.24, 2.45) is 4.99 Å². The van der Waals surface area contributed by atoms with Crippen LogP contribution in [0.2, 0.25) is 0 Å². The minimum Gasteiger partial charge on any atom is -0.386 e. The molecule has 0 aliphatic carbocycles. The zero-order valence-electron chi connectivity index (χ0n) is 15.5. The van der Waals surface area contributed by atoms with Crippen LogP contribution in [0.3, 0.4) is 0 Å². The molecule has 0 radical (unpaired) electrons. The fourth-order valence-electron chi connectivity index (χ4n) is 2.65. The Labute approximate surface area is 181 Å². The van der Waals surface area contributed by atoms with Crippen LogP contribution in [-0.2, 0) is 6.54 Å². The van der Waals surface area contributed by atoms with Gasteiger partial charge in [0.25, 0.3) is 0 Å². The molecule has 0 aliphatic heterocycles. The topological polar surface area (TPSA) is 69.5 Å². The first-order valence-electron chi connectivity index (χ1n) is 8.77. The van der Waals surface area contributed by atoms with Crippen LogP contribution in [0.5, 0.6) is 0 Å². The molecule has 0 bridgehead atoms. The third kappa shape index (κ3) is 6.15. The van der Waals surface area contributed by atoms with Crippen LogP contribution in [-0.4, -0.2) is 29.1 Å². The second-order valence-corrected chi connectivity index (χ2v) is 7.16. The van der Waals surface area contributed by atoms with Gasteiger partial charge in [0.2, 0.25) is 0 Å². The number of aliphatic hydroxyl groups excluding tert-OH is 1. The fourth-order valence-corrected chi connectivity index (χ4v) is 3.70. The molecular weight excluding hydrogens is 471 g/mol. The predicted octanol–water partition coefficient (Wildman–Crippen LogP) is 4.01. The number of thiophene rings is 1. The molecule has 0 saturated carbocycles. The van der Waals surface area contributed by atoms with Gasteiger partial charge in [0.05, 0.1) is 12.2 Å². The van der Waals surface area contributed by atoms with E-state index in [-0.39, 0.29) is 24.0 Å². The standard InChI is InChI=1S/C20H24N4OS.HI/c1-3-21-20(22-12-16-9-6-7-14(2)24-16)23-13-17(25)19-11-15-8-4-5-10-18(15)26-19;/h4-11,17,25H,3,12-13H2,1-2H3,(H2,21,22,23);1H. The normalized spacial score (nSPS) is 12.5. The van der Waals surface area contributed by atoms with Gasteiger partial charge in [-0.2, -0.15) is 0 Å². The van der Waals surface area contributed by atoms with Crippen LogP contribution in [0, 0.1) is 6.92 Å². The lowest BCUT2D eigenvalue weighted by Gasteiger charge is -2.14. The highest BCUT2D eigenvalue weighted by atomic mass is 127. The molecule has 1 aromatic carbocycles. The quantitative estimate of drug-likeness (QED) is 0.274. The number of aromatic nitrogens is 1. The van der Waals surface area contributed by atoms with Crippen LogP contribution in [0.25, 0.3) is 10.1 Å². The monoisotopic (exact) mass is 496 g/mol. The number of nitrogens with one attached hydrogen (secondary N) is 2. The van der Waals surface area contributed by atoms with Gasteiger partial charge in [-0.1, -0.05) is 24.3 Å². The molecule has 3 rings (SSSR count). The zero-order valence-corrected chi connectivity index (χ0v) is 18.6. The van der Waals surface area contributed by atoms with Crippen LogP contribution in [0.15, 0.2) is 53.5 Å². The van der Waals surface area contributed by atoms with Gasteiger partial charge >= 0.3 is 0 Å². The molecule has 0 saturated heterocycles. The third-order valence-electron chi connectivity index (χ3n) is 3.93. The van der Waals surface area contributed by atoms with E-state index in [1.165, 1.54) is 4.70 Å². The van der Waals surface area contributed by atoms with E-state index >= 15 is 0 Å². The van der Waals surface area contributed by atoms with Crippen molar-refractivity contribution < 1.29 is 5.11 Å². The van der Waals surface area contributed by atoms with Crippen LogP contribution >= 0.6 is 35.3 Å². The first-order valence-corrected chi connectivity index (χ1v) is 9.58. The highest BCUT2D eigenvalue weighted by molar-refractivity contribution is 14.0. The summed E-state index contributed by atoms with van der Waals surface area (Å²) in [6.45, 7) is 5.64. The fraction of sp³-hybridized carbons (Fsp3) is 0.300. The van der Waals surface area contributed by atoms with Gasteiger partial charge in [-0.25, -0.2) is 4.99 Å². The van der Waals surface area contributed by atoms with Gasteiger partial charge in [-0.05, 0) is 43.5 Å². The van der Waals surface area contributed by atoms with Crippen molar-refractivity contribution in [3.05, 3.63) is 64.8 Å². The number of benzene rings is 1. The smallest absolute Gasteiger partial charge is 0.191 e. The zero-order chi connectivity index (χ0) is 18.4. The number of aliphatic hydroxyl groups is 1. The second kappa shape index (κ2) is 10.6. The highest BCUT2D eigenvalue weighted by Crippen LogP contribution is 2.29. The number of hydrogen-bond donors (Lipinski definition) is 3. The molecule has 144 valence electrons. The number of halogens is 1. The van der Waals surface area contributed by atoms with Gasteiger partial charge in [0.15, 0.2) is 5.96 Å². The molecule has 2 aromatic heterocycles. The Kier molecular flexibility index (Phi) is 8.46. The number of aryl methyl sites for hydroxylation is 1. The lowest BCUT2D eigenvalue weighted by molar-refractivity contribution is 0.184. The first-order chi connectivity index (χ1) is 12.7. The summed E-state index contributed by atoms with van der Waals surface area (Å²) < 4.78 is 1.19. The lowest BCUT2D eigenvalue weighted by atomic mass is 10.2. The van der Waals surface area contributed by atoms with Gasteiger partial charge in [-0.15, -0.1) is 35.3 Å². The number of fused-ring (bicyclic) bond motifs is 1. The molecule has 5 nitrogen and oxygen atoms in total. The molecule has 3 N–H and O–H groups in total. The molecule has 0 fully saturated rings. The van der Waals surface area contributed by atoms with Gasteiger partial charge in [-0.3, -0.25) is 4.98 Å². The second-order valence-electron chi connectivity index (χ2n) is 6.05. The summed E-state index contributed by atoms with van der Waals surface area (Å²) in [5, 5.41) is 18.1. The minimum absolute atomic E-state index is 0. The molecule has 3 aromatic rings.